The van der Waals surface area contributed by atoms with Gasteiger partial charge in [-0.1, -0.05) is 25.7 Å². The first-order chi connectivity index (χ1) is 7.80. The van der Waals surface area contributed by atoms with Crippen molar-refractivity contribution in [1.29, 1.82) is 0 Å². The van der Waals surface area contributed by atoms with Gasteiger partial charge in [0.1, 0.15) is 0 Å². The molecule has 0 spiro atoms. The molecular weight excluding hydrogens is 212 g/mol. The number of ketones is 1. The number of hydrogen-bond acceptors (Lipinski definition) is 2. The van der Waals surface area contributed by atoms with Crippen molar-refractivity contribution in [3.05, 3.63) is 24.3 Å². The van der Waals surface area contributed by atoms with Gasteiger partial charge in [-0.2, -0.15) is 0 Å². The molecule has 0 saturated heterocycles. The predicted molar refractivity (Wildman–Crippen MR) is 70.7 cm³/mol. The summed E-state index contributed by atoms with van der Waals surface area (Å²) in [6, 6.07) is 0. The van der Waals surface area contributed by atoms with E-state index in [2.05, 4.69) is 25.7 Å². The van der Waals surface area contributed by atoms with Crippen LogP contribution < -0.4 is 0 Å². The highest BCUT2D eigenvalue weighted by Crippen LogP contribution is 2.27. The second kappa shape index (κ2) is 5.63. The van der Waals surface area contributed by atoms with Crippen molar-refractivity contribution in [2.75, 3.05) is 0 Å². The average Bonchev–Trinajstić information content (AvgIpc) is 2.22. The van der Waals surface area contributed by atoms with Crippen LogP contribution >= 0.6 is 0 Å². The van der Waals surface area contributed by atoms with Gasteiger partial charge >= 0.3 is 0 Å². The van der Waals surface area contributed by atoms with Crippen molar-refractivity contribution >= 4 is 5.78 Å². The summed E-state index contributed by atoms with van der Waals surface area (Å²) in [7, 11) is 0. The fourth-order valence-electron chi connectivity index (χ4n) is 2.11. The highest BCUT2D eigenvalue weighted by atomic mass is 16.3. The van der Waals surface area contributed by atoms with E-state index in [-0.39, 0.29) is 11.7 Å². The largest absolute Gasteiger partial charge is 0.390 e. The summed E-state index contributed by atoms with van der Waals surface area (Å²) >= 11 is 0. The minimum absolute atomic E-state index is 0.0904. The van der Waals surface area contributed by atoms with Crippen molar-refractivity contribution in [2.24, 2.45) is 11.8 Å². The fraction of sp³-hybridized carbons (Fsp3) is 0.667. The first-order valence-electron chi connectivity index (χ1n) is 6.42. The van der Waals surface area contributed by atoms with Crippen molar-refractivity contribution in [2.45, 2.75) is 52.1 Å². The minimum Gasteiger partial charge on any atom is -0.390 e. The Morgan fingerprint density at radius 2 is 1.94 bits per heavy atom. The van der Waals surface area contributed by atoms with Crippen LogP contribution in [-0.2, 0) is 4.79 Å². The third-order valence-electron chi connectivity index (χ3n) is 3.56. The number of Topliss-reactive ketones (excluding diaryl/α,β-unsaturated/α-hetero) is 1. The molecule has 0 aromatic heterocycles. The monoisotopic (exact) mass is 236 g/mol. The molecular formula is C15H24O2. The van der Waals surface area contributed by atoms with Gasteiger partial charge in [-0.15, -0.1) is 0 Å². The summed E-state index contributed by atoms with van der Waals surface area (Å²) in [6.07, 6.45) is 7.17. The summed E-state index contributed by atoms with van der Waals surface area (Å²) in [5, 5.41) is 10.1. The topological polar surface area (TPSA) is 37.3 Å². The van der Waals surface area contributed by atoms with Crippen LogP contribution in [0.15, 0.2) is 24.3 Å². The predicted octanol–water partition coefficient (Wildman–Crippen LogP) is 3.27. The third-order valence-corrected chi connectivity index (χ3v) is 3.56. The Balaban J connectivity index is 2.84. The van der Waals surface area contributed by atoms with Gasteiger partial charge < -0.3 is 5.11 Å². The van der Waals surface area contributed by atoms with E-state index in [9.17, 15) is 9.90 Å². The number of carbonyl (C=O) groups is 1. The average molecular weight is 236 g/mol. The highest BCUT2D eigenvalue weighted by molar-refractivity contribution is 5.94. The molecule has 0 amide bonds. The van der Waals surface area contributed by atoms with E-state index < -0.39 is 5.60 Å². The molecule has 96 valence electrons. The molecule has 1 N–H and O–H groups in total. The molecule has 0 aliphatic heterocycles. The van der Waals surface area contributed by atoms with E-state index in [0.29, 0.717) is 24.3 Å². The van der Waals surface area contributed by atoms with Crippen molar-refractivity contribution in [3.8, 4) is 0 Å². The first kappa shape index (κ1) is 14.2. The van der Waals surface area contributed by atoms with Gasteiger partial charge in [-0.25, -0.2) is 0 Å². The maximum absolute atomic E-state index is 11.7. The van der Waals surface area contributed by atoms with E-state index in [1.54, 1.807) is 0 Å². The Kier molecular flexibility index (Phi) is 4.70. The van der Waals surface area contributed by atoms with Crippen LogP contribution in [-0.4, -0.2) is 16.5 Å². The summed E-state index contributed by atoms with van der Waals surface area (Å²) in [5.41, 5.74) is -0.0274. The van der Waals surface area contributed by atoms with Crippen LogP contribution in [0.25, 0.3) is 0 Å². The quantitative estimate of drug-likeness (QED) is 0.560. The van der Waals surface area contributed by atoms with Gasteiger partial charge in [-0.3, -0.25) is 4.79 Å². The lowest BCUT2D eigenvalue weighted by molar-refractivity contribution is -0.116. The van der Waals surface area contributed by atoms with E-state index >= 15 is 0 Å². The number of allylic oxidation sites excluding steroid dienone is 2. The molecule has 2 heteroatoms. The third kappa shape index (κ3) is 4.47. The van der Waals surface area contributed by atoms with Crippen LogP contribution in [0.5, 0.6) is 0 Å². The Morgan fingerprint density at radius 1 is 1.29 bits per heavy atom. The molecule has 2 nitrogen and oxygen atoms in total. The minimum atomic E-state index is -0.737. The lowest BCUT2D eigenvalue weighted by Crippen LogP contribution is -2.30. The summed E-state index contributed by atoms with van der Waals surface area (Å²) in [6.45, 7) is 9.61. The molecule has 0 saturated carbocycles. The Labute approximate surface area is 104 Å². The number of carbonyl (C=O) groups excluding carboxylic acids is 1. The maximum atomic E-state index is 11.7. The molecule has 1 aliphatic rings. The zero-order chi connectivity index (χ0) is 13.1. The summed E-state index contributed by atoms with van der Waals surface area (Å²) in [4.78, 5) is 11.7. The number of hydrogen-bond donors (Lipinski definition) is 1. The number of rotatable bonds is 1. The van der Waals surface area contributed by atoms with Gasteiger partial charge in [0.2, 0.25) is 0 Å². The highest BCUT2D eigenvalue weighted by Gasteiger charge is 2.25. The second-order valence-corrected chi connectivity index (χ2v) is 5.73. The zero-order valence-corrected chi connectivity index (χ0v) is 11.2. The number of aliphatic hydroxyl groups is 1. The molecule has 2 atom stereocenters. The maximum Gasteiger partial charge on any atom is 0.158 e. The molecule has 0 bridgehead atoms. The molecule has 0 aromatic carbocycles. The SMILES string of the molecule is C=C1CC[C@H](C(C)(C)O)/C=C/[C@@H](C)CCC1=O. The first-order valence-corrected chi connectivity index (χ1v) is 6.42. The Hall–Kier alpha value is -0.890. The Morgan fingerprint density at radius 3 is 2.53 bits per heavy atom. The van der Waals surface area contributed by atoms with Gasteiger partial charge in [0.05, 0.1) is 5.60 Å². The standard InChI is InChI=1S/C15H24O2/c1-11-5-8-13(15(3,4)17)9-7-12(2)14(16)10-6-11/h5,8,11,13,17H,2,6-7,9-10H2,1,3-4H3/b8-5+/t11-,13-/m1/s1. The van der Waals surface area contributed by atoms with Crippen LogP contribution in [0.2, 0.25) is 0 Å². The molecule has 0 radical (unpaired) electrons. The van der Waals surface area contributed by atoms with E-state index in [0.717, 1.165) is 12.8 Å². The zero-order valence-electron chi connectivity index (χ0n) is 11.2. The summed E-state index contributed by atoms with van der Waals surface area (Å²) < 4.78 is 0. The van der Waals surface area contributed by atoms with Crippen LogP contribution in [0.3, 0.4) is 0 Å². The van der Waals surface area contributed by atoms with Gasteiger partial charge in [0.15, 0.2) is 5.78 Å². The van der Waals surface area contributed by atoms with E-state index in [1.807, 2.05) is 13.8 Å². The molecule has 0 fully saturated rings. The van der Waals surface area contributed by atoms with Gasteiger partial charge in [-0.05, 0) is 44.6 Å². The van der Waals surface area contributed by atoms with Crippen molar-refractivity contribution in [3.63, 3.8) is 0 Å². The van der Waals surface area contributed by atoms with Gasteiger partial charge in [0.25, 0.3) is 0 Å². The fourth-order valence-corrected chi connectivity index (χ4v) is 2.11. The lowest BCUT2D eigenvalue weighted by Gasteiger charge is -2.28. The second-order valence-electron chi connectivity index (χ2n) is 5.73. The van der Waals surface area contributed by atoms with Crippen molar-refractivity contribution in [1.82, 2.24) is 0 Å². The van der Waals surface area contributed by atoms with Gasteiger partial charge in [0, 0.05) is 12.3 Å². The molecule has 1 aliphatic carbocycles. The normalized spacial score (nSPS) is 30.1. The molecule has 1 rings (SSSR count). The van der Waals surface area contributed by atoms with Crippen molar-refractivity contribution < 1.29 is 9.90 Å². The molecule has 0 heterocycles. The lowest BCUT2D eigenvalue weighted by atomic mass is 9.83. The molecule has 0 aromatic rings. The molecule has 17 heavy (non-hydrogen) atoms. The Bertz CT molecular complexity index is 320. The smallest absolute Gasteiger partial charge is 0.158 e. The summed E-state index contributed by atoms with van der Waals surface area (Å²) in [5.74, 6) is 0.656. The van der Waals surface area contributed by atoms with E-state index in [1.165, 1.54) is 0 Å². The van der Waals surface area contributed by atoms with Crippen LogP contribution in [0.4, 0.5) is 0 Å². The van der Waals surface area contributed by atoms with Crippen LogP contribution in [0.1, 0.15) is 46.5 Å². The van der Waals surface area contributed by atoms with E-state index in [4.69, 9.17) is 0 Å². The van der Waals surface area contributed by atoms with Crippen LogP contribution in [0, 0.1) is 11.8 Å². The molecule has 0 unspecified atom stereocenters.